The summed E-state index contributed by atoms with van der Waals surface area (Å²) >= 11 is 0. The Bertz CT molecular complexity index is 555. The number of rotatable bonds is 3. The molecule has 1 saturated heterocycles. The molecule has 1 fully saturated rings. The van der Waals surface area contributed by atoms with E-state index in [9.17, 15) is 0 Å². The van der Waals surface area contributed by atoms with Gasteiger partial charge in [0.2, 0.25) is 0 Å². The predicted octanol–water partition coefficient (Wildman–Crippen LogP) is 0.683. The van der Waals surface area contributed by atoms with Crippen LogP contribution >= 0.6 is 0 Å². The highest BCUT2D eigenvalue weighted by Gasteiger charge is 2.19. The second-order valence-corrected chi connectivity index (χ2v) is 4.71. The average Bonchev–Trinajstić information content (AvgIpc) is 2.99. The molecule has 0 aliphatic carbocycles. The van der Waals surface area contributed by atoms with Crippen LogP contribution in [-0.4, -0.2) is 32.9 Å². The summed E-state index contributed by atoms with van der Waals surface area (Å²) in [6.45, 7) is 1.46. The standard InChI is InChI=1S/C12H16N6O/c13-9-4-8(5-10(14)6-9)12-15-16-17-18(12)7-11-2-1-3-19-11/h4-6,11H,1-3,7,13-14H2. The van der Waals surface area contributed by atoms with E-state index in [1.165, 1.54) is 0 Å². The zero-order valence-electron chi connectivity index (χ0n) is 10.5. The van der Waals surface area contributed by atoms with Crippen LogP contribution < -0.4 is 11.5 Å². The van der Waals surface area contributed by atoms with Crippen molar-refractivity contribution in [1.29, 1.82) is 0 Å². The van der Waals surface area contributed by atoms with Crippen molar-refractivity contribution in [2.45, 2.75) is 25.5 Å². The molecule has 100 valence electrons. The van der Waals surface area contributed by atoms with E-state index in [2.05, 4.69) is 15.5 Å². The second-order valence-electron chi connectivity index (χ2n) is 4.71. The minimum atomic E-state index is 0.181. The van der Waals surface area contributed by atoms with E-state index in [-0.39, 0.29) is 6.10 Å². The molecule has 0 amide bonds. The van der Waals surface area contributed by atoms with Gasteiger partial charge in [0.05, 0.1) is 12.6 Å². The smallest absolute Gasteiger partial charge is 0.182 e. The summed E-state index contributed by atoms with van der Waals surface area (Å²) in [5.74, 6) is 0.662. The van der Waals surface area contributed by atoms with Crippen molar-refractivity contribution in [2.75, 3.05) is 18.1 Å². The lowest BCUT2D eigenvalue weighted by atomic mass is 10.1. The Morgan fingerprint density at radius 2 is 2.05 bits per heavy atom. The van der Waals surface area contributed by atoms with Crippen LogP contribution in [0.25, 0.3) is 11.4 Å². The maximum absolute atomic E-state index is 5.80. The second kappa shape index (κ2) is 4.85. The molecule has 7 nitrogen and oxygen atoms in total. The Labute approximate surface area is 110 Å². The van der Waals surface area contributed by atoms with Gasteiger partial charge in [0.25, 0.3) is 0 Å². The van der Waals surface area contributed by atoms with Crippen LogP contribution in [-0.2, 0) is 11.3 Å². The molecule has 3 rings (SSSR count). The van der Waals surface area contributed by atoms with E-state index in [1.807, 2.05) is 12.1 Å². The lowest BCUT2D eigenvalue weighted by Gasteiger charge is -2.10. The molecule has 2 heterocycles. The third-order valence-electron chi connectivity index (χ3n) is 3.17. The molecule has 4 N–H and O–H groups in total. The minimum absolute atomic E-state index is 0.181. The molecule has 2 aromatic rings. The van der Waals surface area contributed by atoms with Crippen molar-refractivity contribution < 1.29 is 4.74 Å². The zero-order valence-corrected chi connectivity index (χ0v) is 10.5. The van der Waals surface area contributed by atoms with Gasteiger partial charge >= 0.3 is 0 Å². The number of nitrogens with zero attached hydrogens (tertiary/aromatic N) is 4. The SMILES string of the molecule is Nc1cc(N)cc(-c2nnnn2CC2CCCO2)c1. The van der Waals surface area contributed by atoms with Gasteiger partial charge in [-0.05, 0) is 41.5 Å². The minimum Gasteiger partial charge on any atom is -0.399 e. The lowest BCUT2D eigenvalue weighted by molar-refractivity contribution is 0.0939. The van der Waals surface area contributed by atoms with E-state index >= 15 is 0 Å². The number of tetrazole rings is 1. The highest BCUT2D eigenvalue weighted by Crippen LogP contribution is 2.23. The van der Waals surface area contributed by atoms with Gasteiger partial charge in [-0.3, -0.25) is 0 Å². The molecule has 0 spiro atoms. The van der Waals surface area contributed by atoms with Crippen LogP contribution in [0.3, 0.4) is 0 Å². The molecular weight excluding hydrogens is 244 g/mol. The zero-order chi connectivity index (χ0) is 13.2. The summed E-state index contributed by atoms with van der Waals surface area (Å²) in [5, 5.41) is 11.8. The average molecular weight is 260 g/mol. The van der Waals surface area contributed by atoms with Gasteiger partial charge in [-0.1, -0.05) is 0 Å². The van der Waals surface area contributed by atoms with Crippen molar-refractivity contribution in [1.82, 2.24) is 20.2 Å². The molecule has 1 atom stereocenters. The first-order valence-corrected chi connectivity index (χ1v) is 6.26. The molecule has 1 aliphatic rings. The largest absolute Gasteiger partial charge is 0.399 e. The van der Waals surface area contributed by atoms with Gasteiger partial charge in [0.15, 0.2) is 5.82 Å². The first-order chi connectivity index (χ1) is 9.22. The highest BCUT2D eigenvalue weighted by atomic mass is 16.5. The predicted molar refractivity (Wildman–Crippen MR) is 71.1 cm³/mol. The number of ether oxygens (including phenoxy) is 1. The first-order valence-electron chi connectivity index (χ1n) is 6.26. The number of anilines is 2. The van der Waals surface area contributed by atoms with Crippen molar-refractivity contribution in [3.8, 4) is 11.4 Å². The van der Waals surface area contributed by atoms with Crippen molar-refractivity contribution in [2.24, 2.45) is 0 Å². The fourth-order valence-corrected chi connectivity index (χ4v) is 2.32. The molecule has 1 aliphatic heterocycles. The van der Waals surface area contributed by atoms with E-state index in [0.717, 1.165) is 25.0 Å². The summed E-state index contributed by atoms with van der Waals surface area (Å²) in [6, 6.07) is 5.33. The van der Waals surface area contributed by atoms with Crippen LogP contribution in [0.15, 0.2) is 18.2 Å². The van der Waals surface area contributed by atoms with Crippen LogP contribution in [0.1, 0.15) is 12.8 Å². The van der Waals surface area contributed by atoms with Crippen LogP contribution in [0.2, 0.25) is 0 Å². The summed E-state index contributed by atoms with van der Waals surface area (Å²) < 4.78 is 7.34. The molecule has 0 radical (unpaired) electrons. The van der Waals surface area contributed by atoms with Gasteiger partial charge in [0.1, 0.15) is 0 Å². The number of nitrogens with two attached hydrogens (primary N) is 2. The highest BCUT2D eigenvalue weighted by molar-refractivity contribution is 5.67. The molecule has 19 heavy (non-hydrogen) atoms. The van der Waals surface area contributed by atoms with Gasteiger partial charge < -0.3 is 16.2 Å². The van der Waals surface area contributed by atoms with Crippen molar-refractivity contribution in [3.05, 3.63) is 18.2 Å². The van der Waals surface area contributed by atoms with Gasteiger partial charge in [-0.2, -0.15) is 0 Å². The molecule has 1 aromatic heterocycles. The Morgan fingerprint density at radius 3 is 2.74 bits per heavy atom. The fourth-order valence-electron chi connectivity index (χ4n) is 2.32. The maximum Gasteiger partial charge on any atom is 0.182 e. The third-order valence-corrected chi connectivity index (χ3v) is 3.17. The number of aromatic nitrogens is 4. The Balaban J connectivity index is 1.90. The van der Waals surface area contributed by atoms with Crippen molar-refractivity contribution in [3.63, 3.8) is 0 Å². The normalized spacial score (nSPS) is 18.8. The summed E-state index contributed by atoms with van der Waals surface area (Å²) in [7, 11) is 0. The molecule has 0 saturated carbocycles. The van der Waals surface area contributed by atoms with Gasteiger partial charge in [0, 0.05) is 23.5 Å². The monoisotopic (exact) mass is 260 g/mol. The molecular formula is C12H16N6O. The number of hydrogen-bond acceptors (Lipinski definition) is 6. The fraction of sp³-hybridized carbons (Fsp3) is 0.417. The van der Waals surface area contributed by atoms with Crippen LogP contribution in [0.4, 0.5) is 11.4 Å². The summed E-state index contributed by atoms with van der Waals surface area (Å²) in [6.07, 6.45) is 2.31. The van der Waals surface area contributed by atoms with E-state index < -0.39 is 0 Å². The molecule has 1 aromatic carbocycles. The molecule has 0 bridgehead atoms. The quantitative estimate of drug-likeness (QED) is 0.786. The third kappa shape index (κ3) is 2.50. The molecule has 1 unspecified atom stereocenters. The number of benzene rings is 1. The first kappa shape index (κ1) is 11.9. The maximum atomic E-state index is 5.80. The van der Waals surface area contributed by atoms with Crippen LogP contribution in [0.5, 0.6) is 0 Å². The molecule has 7 heteroatoms. The summed E-state index contributed by atoms with van der Waals surface area (Å²) in [5.41, 5.74) is 13.6. The van der Waals surface area contributed by atoms with E-state index in [4.69, 9.17) is 16.2 Å². The summed E-state index contributed by atoms with van der Waals surface area (Å²) in [4.78, 5) is 0. The van der Waals surface area contributed by atoms with Crippen molar-refractivity contribution >= 4 is 11.4 Å². The Kier molecular flexibility index (Phi) is 3.04. The Morgan fingerprint density at radius 1 is 1.26 bits per heavy atom. The number of nitrogen functional groups attached to an aromatic ring is 2. The Hall–Kier alpha value is -2.15. The van der Waals surface area contributed by atoms with Crippen LogP contribution in [0, 0.1) is 0 Å². The van der Waals surface area contributed by atoms with Gasteiger partial charge in [-0.25, -0.2) is 4.68 Å². The lowest BCUT2D eigenvalue weighted by Crippen LogP contribution is -2.17. The number of hydrogen-bond donors (Lipinski definition) is 2. The van der Waals surface area contributed by atoms with Gasteiger partial charge in [-0.15, -0.1) is 5.10 Å². The van der Waals surface area contributed by atoms with E-state index in [0.29, 0.717) is 23.7 Å². The van der Waals surface area contributed by atoms with E-state index in [1.54, 1.807) is 10.7 Å². The topological polar surface area (TPSA) is 105 Å².